The van der Waals surface area contributed by atoms with E-state index in [-0.39, 0.29) is 31.4 Å². The van der Waals surface area contributed by atoms with Crippen LogP contribution in [0.3, 0.4) is 0 Å². The van der Waals surface area contributed by atoms with Gasteiger partial charge in [0.25, 0.3) is 0 Å². The maximum absolute atomic E-state index is 5.73. The number of rotatable bonds is 27. The summed E-state index contributed by atoms with van der Waals surface area (Å²) in [5.41, 5.74) is 0. The molecule has 2 fully saturated rings. The van der Waals surface area contributed by atoms with Gasteiger partial charge < -0.3 is 25.9 Å². The molecule has 2 aliphatic heterocycles. The van der Waals surface area contributed by atoms with Gasteiger partial charge in [0, 0.05) is 76.7 Å². The molecule has 0 radical (unpaired) electrons. The number of hydrogen-bond acceptors (Lipinski definition) is 4. The molecule has 2 heterocycles. The van der Waals surface area contributed by atoms with E-state index in [1.807, 2.05) is 0 Å². The quantitative estimate of drug-likeness (QED) is 0.0206. The van der Waals surface area contributed by atoms with Gasteiger partial charge >= 0.3 is 18.9 Å². The Balaban J connectivity index is -0.000000850. The minimum absolute atomic E-state index is 0. The minimum Gasteiger partial charge on any atom is -0.353 e. The number of terminal acetylenes is 1. The molecule has 0 aliphatic carbocycles. The van der Waals surface area contributed by atoms with Crippen molar-refractivity contribution >= 4 is 15.9 Å². The van der Waals surface area contributed by atoms with Crippen LogP contribution in [0.15, 0.2) is 24.3 Å². The number of unbranched alkanes of at least 4 members (excludes halogenated alkanes) is 16. The molecule has 2 rings (SSSR count). The van der Waals surface area contributed by atoms with Crippen molar-refractivity contribution in [1.29, 1.82) is 0 Å². The Bertz CT molecular complexity index is 1110. The third-order valence-electron chi connectivity index (χ3n) is 9.21. The molecule has 2 atom stereocenters. The van der Waals surface area contributed by atoms with E-state index in [2.05, 4.69) is 109 Å². The minimum atomic E-state index is 0. The Morgan fingerprint density at radius 3 is 1.25 bits per heavy atom. The van der Waals surface area contributed by atoms with Crippen LogP contribution in [0.25, 0.3) is 0 Å². The van der Waals surface area contributed by atoms with Gasteiger partial charge in [-0.05, 0) is 141 Å². The van der Waals surface area contributed by atoms with E-state index in [1.54, 1.807) is 0 Å². The third-order valence-corrected chi connectivity index (χ3v) is 9.77. The average molecular weight is 890 g/mol. The van der Waals surface area contributed by atoms with Crippen molar-refractivity contribution in [3.05, 3.63) is 31.2 Å². The zero-order chi connectivity index (χ0) is 43.2. The van der Waals surface area contributed by atoms with Crippen LogP contribution in [0.1, 0.15) is 220 Å². The van der Waals surface area contributed by atoms with Gasteiger partial charge in [0.15, 0.2) is 12.6 Å². The Labute approximate surface area is 394 Å². The summed E-state index contributed by atoms with van der Waals surface area (Å²) in [5, 5.41) is 1.15. The van der Waals surface area contributed by atoms with Crippen LogP contribution in [0, 0.1) is 54.8 Å². The normalized spacial score (nSPS) is 15.4. The zero-order valence-electron chi connectivity index (χ0n) is 39.7. The van der Waals surface area contributed by atoms with Crippen molar-refractivity contribution in [2.45, 2.75) is 232 Å². The molecule has 4 nitrogen and oxygen atoms in total. The topological polar surface area (TPSA) is 36.9 Å². The van der Waals surface area contributed by atoms with Crippen molar-refractivity contribution in [3.8, 4) is 47.9 Å². The predicted molar refractivity (Wildman–Crippen MR) is 261 cm³/mol. The second-order valence-electron chi connectivity index (χ2n) is 15.0. The van der Waals surface area contributed by atoms with Gasteiger partial charge in [-0.25, -0.2) is 0 Å². The van der Waals surface area contributed by atoms with E-state index in [4.69, 9.17) is 25.4 Å². The van der Waals surface area contributed by atoms with Crippen LogP contribution in [0.5, 0.6) is 0 Å². The fraction of sp³-hybridized carbons (Fsp3) is 0.759. The standard InChI is InChI=1S/C25H40O2.C17H26O2.C8H15Br.C4H9.Li/c1-2-3-4-5-6-7-8-9-10-11-12-13-14-15-16-17-18-20-23-26-25-22-19-21-24-27-25;1-2-3-4-5-6-7-8-9-10-12-15-18-17-14-11-13-16-19-17;1-2-3-4-5-6-7-8-9;1-3-4-2;/h3-4,25H,2,5-8,11-14,17-24H2,1H3;1,17H,3-6,9-16H2;3-4H,2,5-8H2,1H3;1,3-4H2,2H3;/q;;;-1;+1/b4-3-;;4-3-;;. The fourth-order valence-electron chi connectivity index (χ4n) is 5.54. The molecule has 2 aliphatic rings. The SMILES string of the molecule is C#CCCCCC#CCCCCOC1CCCCO1.CC/C=C\CCCCBr.CC/C=C\CCCCC#CCCCCC#CCCCCOC1CCCCO1.[CH2-]CCC.[Li+]. The maximum Gasteiger partial charge on any atom is 1.00 e. The van der Waals surface area contributed by atoms with E-state index in [0.717, 1.165) is 141 Å². The maximum atomic E-state index is 5.73. The molecular weight excluding hydrogens is 799 g/mol. The van der Waals surface area contributed by atoms with Crippen LogP contribution in [-0.4, -0.2) is 44.3 Å². The van der Waals surface area contributed by atoms with Crippen molar-refractivity contribution in [1.82, 2.24) is 0 Å². The molecule has 0 amide bonds. The first-order valence-electron chi connectivity index (χ1n) is 24.1. The van der Waals surface area contributed by atoms with Crippen LogP contribution >= 0.6 is 15.9 Å². The first-order valence-corrected chi connectivity index (χ1v) is 25.2. The van der Waals surface area contributed by atoms with Gasteiger partial charge in [-0.2, -0.15) is 6.42 Å². The van der Waals surface area contributed by atoms with E-state index < -0.39 is 0 Å². The summed E-state index contributed by atoms with van der Waals surface area (Å²) >= 11 is 3.39. The van der Waals surface area contributed by atoms with Crippen LogP contribution in [-0.2, 0) is 18.9 Å². The molecule has 2 unspecified atom stereocenters. The molecule has 0 spiro atoms. The molecule has 0 aromatic heterocycles. The van der Waals surface area contributed by atoms with Crippen molar-refractivity contribution in [2.24, 2.45) is 0 Å². The van der Waals surface area contributed by atoms with Gasteiger partial charge in [0.1, 0.15) is 0 Å². The van der Waals surface area contributed by atoms with Crippen LogP contribution in [0.2, 0.25) is 0 Å². The smallest absolute Gasteiger partial charge is 0.353 e. The molecule has 338 valence electrons. The molecular formula is C54H90BrLiO4. The second kappa shape index (κ2) is 59.7. The van der Waals surface area contributed by atoms with Crippen molar-refractivity contribution in [3.63, 3.8) is 0 Å². The third kappa shape index (κ3) is 56.6. The summed E-state index contributed by atoms with van der Waals surface area (Å²) in [5.74, 6) is 22.2. The fourth-order valence-corrected chi connectivity index (χ4v) is 5.94. The summed E-state index contributed by atoms with van der Waals surface area (Å²) in [6.45, 7) is 13.4. The summed E-state index contributed by atoms with van der Waals surface area (Å²) in [6, 6.07) is 0. The molecule has 0 bridgehead atoms. The zero-order valence-corrected chi connectivity index (χ0v) is 41.3. The van der Waals surface area contributed by atoms with Crippen LogP contribution < -0.4 is 18.9 Å². The van der Waals surface area contributed by atoms with E-state index in [1.165, 1.54) is 89.9 Å². The van der Waals surface area contributed by atoms with Crippen molar-refractivity contribution in [2.75, 3.05) is 31.8 Å². The van der Waals surface area contributed by atoms with E-state index >= 15 is 0 Å². The molecule has 2 saturated heterocycles. The monoisotopic (exact) mass is 889 g/mol. The average Bonchev–Trinajstić information content (AvgIpc) is 3.27. The molecule has 0 saturated carbocycles. The number of alkyl halides is 1. The Kier molecular flexibility index (Phi) is 62.6. The summed E-state index contributed by atoms with van der Waals surface area (Å²) < 4.78 is 22.4. The van der Waals surface area contributed by atoms with Crippen LogP contribution in [0.4, 0.5) is 0 Å². The van der Waals surface area contributed by atoms with Gasteiger partial charge in [-0.1, -0.05) is 67.4 Å². The molecule has 0 aromatic carbocycles. The van der Waals surface area contributed by atoms with E-state index in [0.29, 0.717) is 0 Å². The molecule has 60 heavy (non-hydrogen) atoms. The van der Waals surface area contributed by atoms with Gasteiger partial charge in [0.2, 0.25) is 0 Å². The largest absolute Gasteiger partial charge is 1.00 e. The van der Waals surface area contributed by atoms with Gasteiger partial charge in [0.05, 0.1) is 0 Å². The Hall–Kier alpha value is -1.36. The predicted octanol–water partition coefficient (Wildman–Crippen LogP) is 12.8. The second-order valence-corrected chi connectivity index (χ2v) is 15.8. The first kappa shape index (κ1) is 62.9. The first-order chi connectivity index (χ1) is 29.2. The number of halogens is 1. The number of ether oxygens (including phenoxy) is 4. The van der Waals surface area contributed by atoms with Gasteiger partial charge in [-0.3, -0.25) is 0 Å². The summed E-state index contributed by atoms with van der Waals surface area (Å²) in [7, 11) is 0. The Morgan fingerprint density at radius 2 is 0.917 bits per heavy atom. The molecule has 0 N–H and O–H groups in total. The molecule has 0 aromatic rings. The Morgan fingerprint density at radius 1 is 0.550 bits per heavy atom. The number of hydrogen-bond donors (Lipinski definition) is 0. The summed E-state index contributed by atoms with van der Waals surface area (Å²) in [4.78, 5) is 0. The van der Waals surface area contributed by atoms with Gasteiger partial charge in [-0.15, -0.1) is 47.9 Å². The summed E-state index contributed by atoms with van der Waals surface area (Å²) in [6.07, 6.45) is 49.3. The van der Waals surface area contributed by atoms with E-state index in [9.17, 15) is 0 Å². The van der Waals surface area contributed by atoms with Crippen molar-refractivity contribution < 1.29 is 37.8 Å². The molecule has 6 heteroatoms. The number of allylic oxidation sites excluding steroid dienone is 4.